The number of aliphatic imine (C=N–C) groups is 1. The minimum Gasteiger partial charge on any atom is -0.507 e. The first kappa shape index (κ1) is 28.0. The molecule has 2 aromatic rings. The van der Waals surface area contributed by atoms with Crippen LogP contribution in [-0.2, 0) is 20.7 Å². The number of anilines is 1. The lowest BCUT2D eigenvalue weighted by Gasteiger charge is -2.14. The first-order valence-corrected chi connectivity index (χ1v) is 12.5. The Bertz CT molecular complexity index is 1080. The molecule has 0 aliphatic heterocycles. The number of ether oxygens (including phenoxy) is 3. The molecular weight excluding hydrogens is 478 g/mol. The first-order chi connectivity index (χ1) is 17.8. The summed E-state index contributed by atoms with van der Waals surface area (Å²) < 4.78 is 15.8. The van der Waals surface area contributed by atoms with Crippen LogP contribution in [0.3, 0.4) is 0 Å². The largest absolute Gasteiger partial charge is 0.507 e. The highest BCUT2D eigenvalue weighted by molar-refractivity contribution is 5.91. The van der Waals surface area contributed by atoms with Crippen LogP contribution in [-0.4, -0.2) is 73.0 Å². The predicted octanol–water partition coefficient (Wildman–Crippen LogP) is 3.53. The van der Waals surface area contributed by atoms with Gasteiger partial charge in [-0.1, -0.05) is 0 Å². The smallest absolute Gasteiger partial charge is 0.407 e. The summed E-state index contributed by atoms with van der Waals surface area (Å²) in [6.07, 6.45) is 3.95. The first-order valence-electron chi connectivity index (χ1n) is 12.5. The Balaban J connectivity index is 1.55. The van der Waals surface area contributed by atoms with Crippen molar-refractivity contribution in [1.29, 1.82) is 0 Å². The van der Waals surface area contributed by atoms with Crippen molar-refractivity contribution < 1.29 is 28.9 Å². The van der Waals surface area contributed by atoms with Crippen molar-refractivity contribution in [2.75, 3.05) is 32.7 Å². The van der Waals surface area contributed by atoms with Crippen LogP contribution in [0.15, 0.2) is 23.2 Å². The van der Waals surface area contributed by atoms with Gasteiger partial charge in [0, 0.05) is 55.1 Å². The average molecular weight is 516 g/mol. The second kappa shape index (κ2) is 13.6. The number of nitrogens with one attached hydrogen (secondary N) is 3. The molecule has 1 saturated carbocycles. The zero-order valence-corrected chi connectivity index (χ0v) is 21.9. The normalized spacial score (nSPS) is 17.3. The van der Waals surface area contributed by atoms with Gasteiger partial charge in [-0.05, 0) is 51.2 Å². The van der Waals surface area contributed by atoms with Crippen LogP contribution in [0.4, 0.5) is 10.6 Å². The van der Waals surface area contributed by atoms with E-state index in [1.807, 2.05) is 19.9 Å². The lowest BCUT2D eigenvalue weighted by molar-refractivity contribution is -0.116. The van der Waals surface area contributed by atoms with Crippen molar-refractivity contribution in [2.45, 2.75) is 64.0 Å². The van der Waals surface area contributed by atoms with Gasteiger partial charge in [0.1, 0.15) is 17.6 Å². The molecule has 37 heavy (non-hydrogen) atoms. The minimum atomic E-state index is -0.396. The molecule has 1 aliphatic rings. The fourth-order valence-electron chi connectivity index (χ4n) is 4.26. The summed E-state index contributed by atoms with van der Waals surface area (Å²) in [5.74, 6) is 0.944. The molecule has 11 nitrogen and oxygen atoms in total. The number of carbonyl (C=O) groups excluding carboxylic acids is 2. The van der Waals surface area contributed by atoms with Crippen molar-refractivity contribution in [1.82, 2.24) is 15.5 Å². The monoisotopic (exact) mass is 515 g/mol. The molecule has 0 saturated heterocycles. The highest BCUT2D eigenvalue weighted by atomic mass is 16.6. The van der Waals surface area contributed by atoms with E-state index in [1.54, 1.807) is 19.4 Å². The molecule has 202 valence electrons. The maximum atomic E-state index is 12.7. The molecular formula is C26H37N5O6. The molecule has 3 rings (SSSR count). The Hall–Kier alpha value is -3.60. The van der Waals surface area contributed by atoms with Gasteiger partial charge in [-0.25, -0.2) is 4.79 Å². The van der Waals surface area contributed by atoms with Gasteiger partial charge in [-0.15, -0.1) is 0 Å². The molecule has 0 spiro atoms. The molecule has 0 radical (unpaired) electrons. The number of alkyl carbamates (subject to hydrolysis) is 1. The number of phenols is 1. The summed E-state index contributed by atoms with van der Waals surface area (Å²) >= 11 is 0. The van der Waals surface area contributed by atoms with Crippen molar-refractivity contribution >= 4 is 24.0 Å². The number of hydrogen-bond donors (Lipinski definition) is 4. The molecule has 0 unspecified atom stereocenters. The fraction of sp³-hybridized carbons (Fsp3) is 0.538. The van der Waals surface area contributed by atoms with Crippen LogP contribution in [0.25, 0.3) is 0 Å². The van der Waals surface area contributed by atoms with E-state index in [4.69, 9.17) is 14.2 Å². The molecule has 2 amide bonds. The highest BCUT2D eigenvalue weighted by Crippen LogP contribution is 2.36. The van der Waals surface area contributed by atoms with Crippen LogP contribution in [0, 0.1) is 0 Å². The number of benzene rings is 1. The fourth-order valence-corrected chi connectivity index (χ4v) is 4.26. The molecule has 2 atom stereocenters. The van der Waals surface area contributed by atoms with Crippen LogP contribution >= 0.6 is 0 Å². The number of H-pyrrole nitrogens is 1. The van der Waals surface area contributed by atoms with Gasteiger partial charge in [0.2, 0.25) is 5.91 Å². The number of phenolic OH excluding ortho intramolecular Hbond substituents is 1. The number of hydrogen-bond acceptors (Lipinski definition) is 8. The van der Waals surface area contributed by atoms with Gasteiger partial charge in [0.25, 0.3) is 0 Å². The predicted molar refractivity (Wildman–Crippen MR) is 140 cm³/mol. The van der Waals surface area contributed by atoms with E-state index in [0.717, 1.165) is 24.1 Å². The van der Waals surface area contributed by atoms with E-state index in [-0.39, 0.29) is 36.1 Å². The minimum absolute atomic E-state index is 0.0266. The Morgan fingerprint density at radius 2 is 2.08 bits per heavy atom. The molecule has 0 bridgehead atoms. The van der Waals surface area contributed by atoms with Gasteiger partial charge in [-0.2, -0.15) is 5.10 Å². The quantitative estimate of drug-likeness (QED) is 0.250. The second-order valence-corrected chi connectivity index (χ2v) is 9.34. The van der Waals surface area contributed by atoms with E-state index in [0.29, 0.717) is 43.1 Å². The molecule has 1 aliphatic carbocycles. The van der Waals surface area contributed by atoms with E-state index in [2.05, 4.69) is 25.8 Å². The number of carbonyl (C=O) groups is 2. The molecule has 1 fully saturated rings. The van der Waals surface area contributed by atoms with Gasteiger partial charge >= 0.3 is 6.09 Å². The van der Waals surface area contributed by atoms with E-state index in [1.165, 1.54) is 13.2 Å². The third-order valence-electron chi connectivity index (χ3n) is 6.09. The van der Waals surface area contributed by atoms with Crippen LogP contribution in [0.5, 0.6) is 11.5 Å². The van der Waals surface area contributed by atoms with Crippen molar-refractivity contribution in [3.63, 3.8) is 0 Å². The Morgan fingerprint density at radius 3 is 2.81 bits per heavy atom. The molecule has 1 heterocycles. The Morgan fingerprint density at radius 1 is 1.27 bits per heavy atom. The molecule has 11 heteroatoms. The highest BCUT2D eigenvalue weighted by Gasteiger charge is 2.30. The third-order valence-corrected chi connectivity index (χ3v) is 6.09. The third kappa shape index (κ3) is 8.49. The number of nitrogens with zero attached hydrogens (tertiary/aromatic N) is 2. The topological polar surface area (TPSA) is 147 Å². The van der Waals surface area contributed by atoms with Gasteiger partial charge in [-0.3, -0.25) is 14.9 Å². The molecule has 1 aromatic heterocycles. The SMILES string of the molecule is COCC/N=C/c1c(O)cc(OC)cc1CCC(=O)Nc1cc([C@H]2CC[C@@H](OC(=O)NC(C)C)C2)[nH]n1. The lowest BCUT2D eigenvalue weighted by Crippen LogP contribution is -2.33. The average Bonchev–Trinajstić information content (AvgIpc) is 3.50. The lowest BCUT2D eigenvalue weighted by atomic mass is 10.0. The number of rotatable bonds is 12. The van der Waals surface area contributed by atoms with Crippen LogP contribution < -0.4 is 15.4 Å². The van der Waals surface area contributed by atoms with E-state index < -0.39 is 6.09 Å². The van der Waals surface area contributed by atoms with Crippen LogP contribution in [0.1, 0.15) is 62.3 Å². The van der Waals surface area contributed by atoms with Gasteiger partial charge in [0.15, 0.2) is 5.82 Å². The number of methoxy groups -OCH3 is 2. The maximum Gasteiger partial charge on any atom is 0.407 e. The van der Waals surface area contributed by atoms with Gasteiger partial charge < -0.3 is 30.0 Å². The standard InChI is InChI=1S/C26H37N5O6/c1-16(2)28-26(34)37-19-7-5-18(12-19)22-14-24(31-30-22)29-25(33)8-6-17-11-20(36-4)13-23(32)21(17)15-27-9-10-35-3/h11,13-16,18-19,32H,5-10,12H2,1-4H3,(H,28,34)(H2,29,30,31,33)/b27-15+/t18-,19+/m0/s1. The van der Waals surface area contributed by atoms with Crippen molar-refractivity contribution in [3.05, 3.63) is 35.0 Å². The summed E-state index contributed by atoms with van der Waals surface area (Å²) in [4.78, 5) is 28.8. The number of aromatic hydroxyl groups is 1. The number of aromatic nitrogens is 2. The summed E-state index contributed by atoms with van der Waals surface area (Å²) in [6, 6.07) is 5.16. The second-order valence-electron chi connectivity index (χ2n) is 9.34. The van der Waals surface area contributed by atoms with E-state index in [9.17, 15) is 14.7 Å². The summed E-state index contributed by atoms with van der Waals surface area (Å²) in [7, 11) is 3.12. The summed E-state index contributed by atoms with van der Waals surface area (Å²) in [6.45, 7) is 4.70. The number of aryl methyl sites for hydroxylation is 1. The number of amides is 2. The van der Waals surface area contributed by atoms with Crippen LogP contribution in [0.2, 0.25) is 0 Å². The zero-order valence-electron chi connectivity index (χ0n) is 21.9. The maximum absolute atomic E-state index is 12.7. The summed E-state index contributed by atoms with van der Waals surface area (Å²) in [5.41, 5.74) is 2.19. The van der Waals surface area contributed by atoms with Crippen molar-refractivity contribution in [3.8, 4) is 11.5 Å². The van der Waals surface area contributed by atoms with E-state index >= 15 is 0 Å². The summed E-state index contributed by atoms with van der Waals surface area (Å²) in [5, 5.41) is 23.2. The molecule has 4 N–H and O–H groups in total. The zero-order chi connectivity index (χ0) is 26.8. The Labute approximate surface area is 217 Å². The molecule has 1 aromatic carbocycles. The number of aromatic amines is 1. The Kier molecular flexibility index (Phi) is 10.3. The van der Waals surface area contributed by atoms with Gasteiger partial charge in [0.05, 0.1) is 20.3 Å². The van der Waals surface area contributed by atoms with Crippen molar-refractivity contribution in [2.24, 2.45) is 4.99 Å².